The minimum Gasteiger partial charge on any atom is -0.356 e. The van der Waals surface area contributed by atoms with Gasteiger partial charge < -0.3 is 9.88 Å². The van der Waals surface area contributed by atoms with Crippen LogP contribution in [-0.2, 0) is 13.0 Å². The Bertz CT molecular complexity index is 358. The number of hydrogen-bond acceptors (Lipinski definition) is 3. The van der Waals surface area contributed by atoms with Crippen molar-refractivity contribution in [1.29, 1.82) is 5.26 Å². The van der Waals surface area contributed by atoms with Crippen LogP contribution in [0.25, 0.3) is 0 Å². The van der Waals surface area contributed by atoms with Crippen LogP contribution in [-0.4, -0.2) is 16.1 Å². The third kappa shape index (κ3) is 1.17. The van der Waals surface area contributed by atoms with E-state index in [2.05, 4.69) is 16.4 Å². The molecule has 1 N–H and O–H groups in total. The summed E-state index contributed by atoms with van der Waals surface area (Å²) < 4.78 is 1.97. The van der Waals surface area contributed by atoms with Gasteiger partial charge in [0.25, 0.3) is 0 Å². The second-order valence-corrected chi connectivity index (χ2v) is 3.13. The van der Waals surface area contributed by atoms with Crippen molar-refractivity contribution in [2.24, 2.45) is 0 Å². The molecule has 0 saturated heterocycles. The maximum Gasteiger partial charge on any atom is 0.204 e. The molecular formula is C9H12N4. The molecule has 4 heteroatoms. The third-order valence-electron chi connectivity index (χ3n) is 2.32. The molecule has 0 aromatic carbocycles. The highest BCUT2D eigenvalue weighted by Crippen LogP contribution is 2.19. The summed E-state index contributed by atoms with van der Waals surface area (Å²) in [5, 5.41) is 12.1. The molecule has 1 aliphatic heterocycles. The Labute approximate surface area is 77.2 Å². The SMILES string of the molecule is CCc1nc2n(c1C#N)CCCN2. The van der Waals surface area contributed by atoms with E-state index in [9.17, 15) is 0 Å². The molecule has 1 aromatic heterocycles. The fraction of sp³-hybridized carbons (Fsp3) is 0.556. The average molecular weight is 176 g/mol. The first kappa shape index (κ1) is 8.11. The molecule has 1 aromatic rings. The van der Waals surface area contributed by atoms with Gasteiger partial charge in [-0.25, -0.2) is 4.98 Å². The molecule has 0 aliphatic carbocycles. The van der Waals surface area contributed by atoms with Crippen LogP contribution in [0.1, 0.15) is 24.7 Å². The summed E-state index contributed by atoms with van der Waals surface area (Å²) in [7, 11) is 0. The Morgan fingerprint density at radius 1 is 1.69 bits per heavy atom. The Morgan fingerprint density at radius 3 is 3.23 bits per heavy atom. The van der Waals surface area contributed by atoms with Crippen LogP contribution in [0, 0.1) is 11.3 Å². The number of aryl methyl sites for hydroxylation is 1. The highest BCUT2D eigenvalue weighted by Gasteiger charge is 2.17. The molecule has 0 spiro atoms. The first-order chi connectivity index (χ1) is 6.36. The van der Waals surface area contributed by atoms with Crippen molar-refractivity contribution in [3.8, 4) is 6.07 Å². The highest BCUT2D eigenvalue weighted by molar-refractivity contribution is 5.41. The smallest absolute Gasteiger partial charge is 0.204 e. The lowest BCUT2D eigenvalue weighted by atomic mass is 10.2. The lowest BCUT2D eigenvalue weighted by molar-refractivity contribution is 0.621. The number of anilines is 1. The van der Waals surface area contributed by atoms with Gasteiger partial charge in [-0.15, -0.1) is 0 Å². The fourth-order valence-corrected chi connectivity index (χ4v) is 1.66. The zero-order valence-electron chi connectivity index (χ0n) is 7.67. The molecule has 0 saturated carbocycles. The van der Waals surface area contributed by atoms with Crippen molar-refractivity contribution in [1.82, 2.24) is 9.55 Å². The molecule has 2 rings (SSSR count). The van der Waals surface area contributed by atoms with Crippen LogP contribution < -0.4 is 5.32 Å². The molecule has 0 radical (unpaired) electrons. The van der Waals surface area contributed by atoms with Gasteiger partial charge in [0.1, 0.15) is 11.8 Å². The van der Waals surface area contributed by atoms with Gasteiger partial charge in [0, 0.05) is 13.1 Å². The summed E-state index contributed by atoms with van der Waals surface area (Å²) in [6, 6.07) is 2.22. The molecule has 0 bridgehead atoms. The van der Waals surface area contributed by atoms with Crippen LogP contribution in [0.4, 0.5) is 5.95 Å². The zero-order valence-corrected chi connectivity index (χ0v) is 7.67. The van der Waals surface area contributed by atoms with Gasteiger partial charge in [0.2, 0.25) is 5.95 Å². The normalized spacial score (nSPS) is 14.5. The first-order valence-corrected chi connectivity index (χ1v) is 4.60. The number of imidazole rings is 1. The summed E-state index contributed by atoms with van der Waals surface area (Å²) in [5.74, 6) is 0.861. The van der Waals surface area contributed by atoms with Gasteiger partial charge in [-0.05, 0) is 12.8 Å². The van der Waals surface area contributed by atoms with Crippen LogP contribution >= 0.6 is 0 Å². The van der Waals surface area contributed by atoms with E-state index in [1.807, 2.05) is 11.5 Å². The number of nitriles is 1. The maximum atomic E-state index is 8.96. The molecule has 0 amide bonds. The fourth-order valence-electron chi connectivity index (χ4n) is 1.66. The van der Waals surface area contributed by atoms with Gasteiger partial charge >= 0.3 is 0 Å². The van der Waals surface area contributed by atoms with E-state index in [-0.39, 0.29) is 0 Å². The average Bonchev–Trinajstić information content (AvgIpc) is 2.55. The Kier molecular flexibility index (Phi) is 1.93. The van der Waals surface area contributed by atoms with Crippen molar-refractivity contribution in [3.05, 3.63) is 11.4 Å². The minimum atomic E-state index is 0.727. The standard InChI is InChI=1S/C9H12N4/c1-2-7-8(6-10)13-5-3-4-11-9(13)12-7/h2-5H2,1H3,(H,11,12). The van der Waals surface area contributed by atoms with Gasteiger partial charge in [-0.1, -0.05) is 6.92 Å². The summed E-state index contributed by atoms with van der Waals surface area (Å²) in [4.78, 5) is 4.37. The number of aromatic nitrogens is 2. The quantitative estimate of drug-likeness (QED) is 0.698. The number of nitrogens with one attached hydrogen (secondary N) is 1. The van der Waals surface area contributed by atoms with E-state index in [4.69, 9.17) is 5.26 Å². The van der Waals surface area contributed by atoms with Crippen molar-refractivity contribution < 1.29 is 0 Å². The Hall–Kier alpha value is -1.50. The molecule has 1 aliphatic rings. The Morgan fingerprint density at radius 2 is 2.54 bits per heavy atom. The third-order valence-corrected chi connectivity index (χ3v) is 2.32. The lowest BCUT2D eigenvalue weighted by Crippen LogP contribution is -2.18. The van der Waals surface area contributed by atoms with Gasteiger partial charge in [0.15, 0.2) is 0 Å². The van der Waals surface area contributed by atoms with E-state index < -0.39 is 0 Å². The van der Waals surface area contributed by atoms with Gasteiger partial charge in [0.05, 0.1) is 5.69 Å². The topological polar surface area (TPSA) is 53.6 Å². The van der Waals surface area contributed by atoms with E-state index in [1.165, 1.54) is 0 Å². The number of rotatable bonds is 1. The molecule has 4 nitrogen and oxygen atoms in total. The maximum absolute atomic E-state index is 8.96. The van der Waals surface area contributed by atoms with Crippen molar-refractivity contribution >= 4 is 5.95 Å². The van der Waals surface area contributed by atoms with Crippen molar-refractivity contribution in [2.75, 3.05) is 11.9 Å². The molecular weight excluding hydrogens is 164 g/mol. The number of nitrogens with zero attached hydrogens (tertiary/aromatic N) is 3. The summed E-state index contributed by atoms with van der Waals surface area (Å²) in [5.41, 5.74) is 1.64. The Balaban J connectivity index is 2.52. The number of fused-ring (bicyclic) bond motifs is 1. The van der Waals surface area contributed by atoms with E-state index >= 15 is 0 Å². The molecule has 2 heterocycles. The van der Waals surface area contributed by atoms with E-state index in [0.717, 1.165) is 43.3 Å². The molecule has 0 fully saturated rings. The second-order valence-electron chi connectivity index (χ2n) is 3.13. The number of hydrogen-bond donors (Lipinski definition) is 1. The molecule has 13 heavy (non-hydrogen) atoms. The minimum absolute atomic E-state index is 0.727. The largest absolute Gasteiger partial charge is 0.356 e. The monoisotopic (exact) mass is 176 g/mol. The van der Waals surface area contributed by atoms with Crippen molar-refractivity contribution in [2.45, 2.75) is 26.3 Å². The van der Waals surface area contributed by atoms with Crippen LogP contribution in [0.5, 0.6) is 0 Å². The second kappa shape index (κ2) is 3.09. The van der Waals surface area contributed by atoms with Crippen molar-refractivity contribution in [3.63, 3.8) is 0 Å². The van der Waals surface area contributed by atoms with Crippen LogP contribution in [0.3, 0.4) is 0 Å². The summed E-state index contributed by atoms with van der Waals surface area (Å²) in [6.07, 6.45) is 1.89. The first-order valence-electron chi connectivity index (χ1n) is 4.60. The lowest BCUT2D eigenvalue weighted by Gasteiger charge is -2.15. The predicted molar refractivity (Wildman–Crippen MR) is 49.4 cm³/mol. The van der Waals surface area contributed by atoms with E-state index in [1.54, 1.807) is 0 Å². The summed E-state index contributed by atoms with van der Waals surface area (Å²) in [6.45, 7) is 3.90. The van der Waals surface area contributed by atoms with Crippen LogP contribution in [0.15, 0.2) is 0 Å². The highest BCUT2D eigenvalue weighted by atomic mass is 15.2. The van der Waals surface area contributed by atoms with Gasteiger partial charge in [-0.3, -0.25) is 0 Å². The molecule has 0 unspecified atom stereocenters. The van der Waals surface area contributed by atoms with Crippen LogP contribution in [0.2, 0.25) is 0 Å². The molecule has 0 atom stereocenters. The predicted octanol–water partition coefficient (Wildman–Crippen LogP) is 1.13. The van der Waals surface area contributed by atoms with Gasteiger partial charge in [-0.2, -0.15) is 5.26 Å². The molecule has 68 valence electrons. The van der Waals surface area contributed by atoms with E-state index in [0.29, 0.717) is 0 Å². The summed E-state index contributed by atoms with van der Waals surface area (Å²) >= 11 is 0. The zero-order chi connectivity index (χ0) is 9.26.